The molecule has 4 aliphatic carbocycles. The number of hydrogen-bond acceptors (Lipinski definition) is 2. The smallest absolute Gasteiger partial charge is 0.0361 e. The highest BCUT2D eigenvalue weighted by Gasteiger charge is 2.29. The van der Waals surface area contributed by atoms with E-state index in [2.05, 4.69) is 120 Å². The summed E-state index contributed by atoms with van der Waals surface area (Å²) >= 11 is 3.96. The van der Waals surface area contributed by atoms with Crippen LogP contribution in [-0.2, 0) is 0 Å². The Morgan fingerprint density at radius 3 is 1.80 bits per heavy atom. The van der Waals surface area contributed by atoms with Crippen LogP contribution in [0.2, 0.25) is 0 Å². The molecule has 0 saturated heterocycles. The fourth-order valence-electron chi connectivity index (χ4n) is 7.75. The molecule has 2 aromatic heterocycles. The standard InChI is InChI=1S/C42H42S2/c1-41(2,3)29-13-7-25(8-14-29)27-11-17-33-37(23-27)43-35-21-19-32-31(39(33)35)20-22-36-40(32)34-18-12-28(24-38(34)44-36)26-9-15-30(16-10-26)42(4,5)6/h7,9,11-13,15,17-19,21-24,31H,8,10,14,16,20H2,1-6H3. The average Bonchev–Trinajstić information content (AvgIpc) is 3.58. The first-order chi connectivity index (χ1) is 21.0. The summed E-state index contributed by atoms with van der Waals surface area (Å²) in [6.07, 6.45) is 22.6. The molecule has 2 heterocycles. The molecule has 8 rings (SSSR count). The van der Waals surface area contributed by atoms with E-state index in [4.69, 9.17) is 0 Å². The highest BCUT2D eigenvalue weighted by atomic mass is 32.1. The number of allylic oxidation sites excluding steroid dienone is 9. The lowest BCUT2D eigenvalue weighted by molar-refractivity contribution is 0.482. The maximum absolute atomic E-state index is 2.53. The van der Waals surface area contributed by atoms with E-state index in [0.29, 0.717) is 5.92 Å². The molecule has 1 unspecified atom stereocenters. The molecule has 0 bridgehead atoms. The molecule has 0 radical (unpaired) electrons. The molecular formula is C42H42S2. The summed E-state index contributed by atoms with van der Waals surface area (Å²) in [6.45, 7) is 14.0. The van der Waals surface area contributed by atoms with Crippen LogP contribution in [0, 0.1) is 10.8 Å². The Labute approximate surface area is 270 Å². The quantitative estimate of drug-likeness (QED) is 0.212. The second kappa shape index (κ2) is 10.2. The molecule has 0 nitrogen and oxygen atoms in total. The molecule has 0 fully saturated rings. The molecular weight excluding hydrogens is 569 g/mol. The highest BCUT2D eigenvalue weighted by Crippen LogP contribution is 2.47. The van der Waals surface area contributed by atoms with E-state index < -0.39 is 0 Å². The van der Waals surface area contributed by atoms with Crippen molar-refractivity contribution < 1.29 is 0 Å². The van der Waals surface area contributed by atoms with Crippen molar-refractivity contribution in [1.82, 2.24) is 0 Å². The molecule has 0 aliphatic heterocycles. The van der Waals surface area contributed by atoms with Crippen LogP contribution in [-0.4, -0.2) is 0 Å². The summed E-state index contributed by atoms with van der Waals surface area (Å²) in [7, 11) is 0. The van der Waals surface area contributed by atoms with Crippen molar-refractivity contribution in [2.75, 3.05) is 0 Å². The van der Waals surface area contributed by atoms with Crippen LogP contribution in [0.25, 0.3) is 49.0 Å². The first kappa shape index (κ1) is 28.3. The Morgan fingerprint density at radius 1 is 0.636 bits per heavy atom. The maximum Gasteiger partial charge on any atom is 0.0361 e. The van der Waals surface area contributed by atoms with Crippen molar-refractivity contribution in [1.29, 1.82) is 0 Å². The van der Waals surface area contributed by atoms with Crippen molar-refractivity contribution in [3.63, 3.8) is 0 Å². The van der Waals surface area contributed by atoms with Gasteiger partial charge in [0.15, 0.2) is 0 Å². The average molecular weight is 611 g/mol. The second-order valence-corrected chi connectivity index (χ2v) is 17.4. The monoisotopic (exact) mass is 610 g/mol. The van der Waals surface area contributed by atoms with Gasteiger partial charge in [0, 0.05) is 35.3 Å². The number of hydrogen-bond donors (Lipinski definition) is 0. The predicted octanol–water partition coefficient (Wildman–Crippen LogP) is 11.6. The van der Waals surface area contributed by atoms with E-state index in [-0.39, 0.29) is 10.8 Å². The van der Waals surface area contributed by atoms with Crippen molar-refractivity contribution in [2.24, 2.45) is 10.8 Å². The maximum atomic E-state index is 2.53. The summed E-state index contributed by atoms with van der Waals surface area (Å²) in [5.74, 6) is 0.438. The second-order valence-electron chi connectivity index (χ2n) is 15.2. The predicted molar refractivity (Wildman–Crippen MR) is 197 cm³/mol. The van der Waals surface area contributed by atoms with Gasteiger partial charge < -0.3 is 0 Å². The van der Waals surface area contributed by atoms with Gasteiger partial charge in [0.05, 0.1) is 0 Å². The minimum absolute atomic E-state index is 0.257. The first-order valence-electron chi connectivity index (χ1n) is 16.4. The lowest BCUT2D eigenvalue weighted by Crippen LogP contribution is -2.28. The fraction of sp³-hybridized carbons (Fsp3) is 0.333. The molecule has 0 N–H and O–H groups in total. The highest BCUT2D eigenvalue weighted by molar-refractivity contribution is 7.20. The van der Waals surface area contributed by atoms with Gasteiger partial charge in [0.25, 0.3) is 0 Å². The van der Waals surface area contributed by atoms with Crippen LogP contribution in [0.1, 0.15) is 101 Å². The minimum atomic E-state index is 0.257. The molecule has 4 aromatic rings. The Morgan fingerprint density at radius 2 is 1.23 bits per heavy atom. The number of fused-ring (bicyclic) bond motifs is 8. The van der Waals surface area contributed by atoms with Crippen LogP contribution in [0.4, 0.5) is 0 Å². The Kier molecular flexibility index (Phi) is 6.53. The van der Waals surface area contributed by atoms with Crippen LogP contribution >= 0.6 is 22.7 Å². The fourth-order valence-corrected chi connectivity index (χ4v) is 10.2. The number of thiophene rings is 2. The zero-order chi connectivity index (χ0) is 30.4. The van der Waals surface area contributed by atoms with Gasteiger partial charge in [-0.25, -0.2) is 0 Å². The van der Waals surface area contributed by atoms with Crippen molar-refractivity contribution in [3.8, 4) is 0 Å². The van der Waals surface area contributed by atoms with Gasteiger partial charge in [-0.15, -0.1) is 22.7 Å². The van der Waals surface area contributed by atoms with Crippen LogP contribution in [0.5, 0.6) is 0 Å². The summed E-state index contributed by atoms with van der Waals surface area (Å²) in [5, 5.41) is 4.36. The van der Waals surface area contributed by atoms with Crippen LogP contribution in [0.15, 0.2) is 77.9 Å². The van der Waals surface area contributed by atoms with Gasteiger partial charge in [0.1, 0.15) is 0 Å². The van der Waals surface area contributed by atoms with Crippen LogP contribution < -0.4 is 9.75 Å². The summed E-state index contributed by atoms with van der Waals surface area (Å²) in [6, 6.07) is 14.5. The van der Waals surface area contributed by atoms with E-state index in [1.165, 1.54) is 69.1 Å². The van der Waals surface area contributed by atoms with Crippen molar-refractivity contribution >= 4 is 71.7 Å². The zero-order valence-electron chi connectivity index (χ0n) is 26.9. The van der Waals surface area contributed by atoms with Gasteiger partial charge >= 0.3 is 0 Å². The SMILES string of the molecule is CC(C)(C)C1=CC=C(c2ccc3c4c(sc3c2)C=CC2=c3c(sc5cc(C6=CC=C(C(C)(C)C)CC6)ccc35)=CCC24)CC1. The topological polar surface area (TPSA) is 0 Å². The molecule has 44 heavy (non-hydrogen) atoms. The van der Waals surface area contributed by atoms with Gasteiger partial charge in [-0.2, -0.15) is 0 Å². The number of rotatable bonds is 2. The number of benzene rings is 2. The molecule has 2 aromatic carbocycles. The zero-order valence-corrected chi connectivity index (χ0v) is 28.6. The lowest BCUT2D eigenvalue weighted by atomic mass is 9.79. The summed E-state index contributed by atoms with van der Waals surface area (Å²) in [5.41, 5.74) is 12.4. The third-order valence-electron chi connectivity index (χ3n) is 10.4. The largest absolute Gasteiger partial charge is 0.135 e. The Hall–Kier alpha value is -3.20. The van der Waals surface area contributed by atoms with Gasteiger partial charge in [-0.1, -0.05) is 113 Å². The normalized spacial score (nSPS) is 20.0. The van der Waals surface area contributed by atoms with E-state index in [0.717, 1.165) is 25.7 Å². The van der Waals surface area contributed by atoms with Gasteiger partial charge in [-0.3, -0.25) is 0 Å². The molecule has 0 saturated carbocycles. The van der Waals surface area contributed by atoms with E-state index >= 15 is 0 Å². The lowest BCUT2D eigenvalue weighted by Gasteiger charge is -2.26. The molecule has 1 atom stereocenters. The minimum Gasteiger partial charge on any atom is -0.135 e. The van der Waals surface area contributed by atoms with E-state index in [1.807, 2.05) is 22.7 Å². The third-order valence-corrected chi connectivity index (χ3v) is 12.7. The van der Waals surface area contributed by atoms with E-state index in [9.17, 15) is 0 Å². The van der Waals surface area contributed by atoms with Crippen molar-refractivity contribution in [2.45, 2.75) is 79.6 Å². The molecule has 222 valence electrons. The molecule has 0 spiro atoms. The first-order valence-corrected chi connectivity index (χ1v) is 18.0. The molecule has 4 aliphatic rings. The van der Waals surface area contributed by atoms with Crippen molar-refractivity contribution in [3.05, 3.63) is 109 Å². The van der Waals surface area contributed by atoms with Gasteiger partial charge in [-0.05, 0) is 99.9 Å². The molecule has 0 amide bonds. The Bertz CT molecular complexity index is 2150. The summed E-state index contributed by atoms with van der Waals surface area (Å²) < 4.78 is 4.31. The third kappa shape index (κ3) is 4.68. The van der Waals surface area contributed by atoms with E-state index in [1.54, 1.807) is 16.7 Å². The Balaban J connectivity index is 1.16. The summed E-state index contributed by atoms with van der Waals surface area (Å²) in [4.78, 5) is 1.45. The molecule has 2 heteroatoms. The van der Waals surface area contributed by atoms with Crippen LogP contribution in [0.3, 0.4) is 0 Å². The van der Waals surface area contributed by atoms with Gasteiger partial charge in [0.2, 0.25) is 0 Å².